The molecule has 0 radical (unpaired) electrons. The molecule has 1 aliphatic rings. The number of hydrogen-bond donors (Lipinski definition) is 1. The summed E-state index contributed by atoms with van der Waals surface area (Å²) in [7, 11) is 0. The van der Waals surface area contributed by atoms with Crippen molar-refractivity contribution in [3.05, 3.63) is 0 Å². The van der Waals surface area contributed by atoms with Crippen molar-refractivity contribution in [1.29, 1.82) is 0 Å². The number of rotatable bonds is 4. The highest BCUT2D eigenvalue weighted by Crippen LogP contribution is 2.17. The van der Waals surface area contributed by atoms with Gasteiger partial charge in [-0.2, -0.15) is 0 Å². The Morgan fingerprint density at radius 1 is 1.36 bits per heavy atom. The van der Waals surface area contributed by atoms with Crippen molar-refractivity contribution < 1.29 is 0 Å². The summed E-state index contributed by atoms with van der Waals surface area (Å²) in [6, 6.07) is 2.23. The summed E-state index contributed by atoms with van der Waals surface area (Å²) in [4.78, 5) is 2.65. The van der Waals surface area contributed by atoms with E-state index in [9.17, 15) is 0 Å². The van der Waals surface area contributed by atoms with Crippen LogP contribution in [0.25, 0.3) is 0 Å². The van der Waals surface area contributed by atoms with Crippen LogP contribution in [-0.4, -0.2) is 36.1 Å². The monoisotopic (exact) mass is 198 g/mol. The largest absolute Gasteiger partial charge is 0.313 e. The van der Waals surface area contributed by atoms with E-state index in [4.69, 9.17) is 0 Å². The minimum absolute atomic E-state index is 0.724. The summed E-state index contributed by atoms with van der Waals surface area (Å²) in [5, 5.41) is 3.58. The van der Waals surface area contributed by atoms with Crippen LogP contribution in [0.3, 0.4) is 0 Å². The number of hydrogen-bond acceptors (Lipinski definition) is 2. The Bertz CT molecular complexity index is 150. The molecule has 3 atom stereocenters. The molecule has 14 heavy (non-hydrogen) atoms. The predicted octanol–water partition coefficient (Wildman–Crippen LogP) is 2.25. The lowest BCUT2D eigenvalue weighted by Gasteiger charge is -2.39. The first-order valence-electron chi connectivity index (χ1n) is 6.18. The molecular weight excluding hydrogens is 172 g/mol. The van der Waals surface area contributed by atoms with Gasteiger partial charge >= 0.3 is 0 Å². The topological polar surface area (TPSA) is 15.3 Å². The standard InChI is InChI=1S/C12H26N2/c1-5-11(4)14(6-2)12-8-7-10(3)13-9-12/h10-13H,5-9H2,1-4H3. The molecule has 0 bridgehead atoms. The number of piperidine rings is 1. The third-order valence-corrected chi connectivity index (χ3v) is 3.63. The van der Waals surface area contributed by atoms with Crippen molar-refractivity contribution >= 4 is 0 Å². The lowest BCUT2D eigenvalue weighted by Crippen LogP contribution is -2.51. The van der Waals surface area contributed by atoms with Crippen molar-refractivity contribution in [3.8, 4) is 0 Å². The Morgan fingerprint density at radius 3 is 2.50 bits per heavy atom. The van der Waals surface area contributed by atoms with Crippen LogP contribution in [0.1, 0.15) is 47.0 Å². The predicted molar refractivity (Wildman–Crippen MR) is 62.6 cm³/mol. The van der Waals surface area contributed by atoms with Gasteiger partial charge in [-0.25, -0.2) is 0 Å². The molecular formula is C12H26N2. The molecule has 2 heteroatoms. The molecule has 1 N–H and O–H groups in total. The Morgan fingerprint density at radius 2 is 2.07 bits per heavy atom. The molecule has 0 amide bonds. The van der Waals surface area contributed by atoms with Crippen LogP contribution in [0, 0.1) is 0 Å². The van der Waals surface area contributed by atoms with Gasteiger partial charge < -0.3 is 5.32 Å². The fourth-order valence-corrected chi connectivity index (χ4v) is 2.43. The molecule has 0 aromatic heterocycles. The van der Waals surface area contributed by atoms with Crippen LogP contribution in [0.15, 0.2) is 0 Å². The molecule has 3 unspecified atom stereocenters. The summed E-state index contributed by atoms with van der Waals surface area (Å²) < 4.78 is 0. The van der Waals surface area contributed by atoms with Crippen LogP contribution < -0.4 is 5.32 Å². The minimum atomic E-state index is 0.724. The lowest BCUT2D eigenvalue weighted by atomic mass is 9.99. The molecule has 0 saturated carbocycles. The lowest BCUT2D eigenvalue weighted by molar-refractivity contribution is 0.116. The molecule has 84 valence electrons. The fourth-order valence-electron chi connectivity index (χ4n) is 2.43. The van der Waals surface area contributed by atoms with Gasteiger partial charge in [0.05, 0.1) is 0 Å². The second kappa shape index (κ2) is 5.72. The van der Waals surface area contributed by atoms with Gasteiger partial charge in [-0.05, 0) is 39.7 Å². The van der Waals surface area contributed by atoms with Crippen molar-refractivity contribution in [2.45, 2.75) is 65.1 Å². The Hall–Kier alpha value is -0.0800. The molecule has 0 aliphatic carbocycles. The second-order valence-corrected chi connectivity index (χ2v) is 4.63. The molecule has 1 aliphatic heterocycles. The highest BCUT2D eigenvalue weighted by molar-refractivity contribution is 4.83. The van der Waals surface area contributed by atoms with Gasteiger partial charge in [0.1, 0.15) is 0 Å². The van der Waals surface area contributed by atoms with Gasteiger partial charge in [0.2, 0.25) is 0 Å². The Kier molecular flexibility index (Phi) is 4.90. The van der Waals surface area contributed by atoms with Crippen LogP contribution in [0.4, 0.5) is 0 Å². The molecule has 0 spiro atoms. The van der Waals surface area contributed by atoms with Crippen LogP contribution in [0.5, 0.6) is 0 Å². The zero-order valence-electron chi connectivity index (χ0n) is 10.2. The van der Waals surface area contributed by atoms with E-state index < -0.39 is 0 Å². The first kappa shape index (κ1) is 12.0. The third kappa shape index (κ3) is 2.96. The van der Waals surface area contributed by atoms with Crippen LogP contribution >= 0.6 is 0 Å². The van der Waals surface area contributed by atoms with E-state index >= 15 is 0 Å². The first-order valence-corrected chi connectivity index (χ1v) is 6.18. The maximum Gasteiger partial charge on any atom is 0.0224 e. The summed E-state index contributed by atoms with van der Waals surface area (Å²) in [6.45, 7) is 11.6. The van der Waals surface area contributed by atoms with E-state index in [1.807, 2.05) is 0 Å². The van der Waals surface area contributed by atoms with Gasteiger partial charge in [-0.15, -0.1) is 0 Å². The molecule has 1 saturated heterocycles. The molecule has 1 rings (SSSR count). The third-order valence-electron chi connectivity index (χ3n) is 3.63. The van der Waals surface area contributed by atoms with Crippen molar-refractivity contribution in [3.63, 3.8) is 0 Å². The van der Waals surface area contributed by atoms with Crippen LogP contribution in [0.2, 0.25) is 0 Å². The zero-order valence-corrected chi connectivity index (χ0v) is 10.2. The van der Waals surface area contributed by atoms with E-state index in [0.29, 0.717) is 0 Å². The zero-order chi connectivity index (χ0) is 10.6. The van der Waals surface area contributed by atoms with Gasteiger partial charge in [-0.3, -0.25) is 4.90 Å². The molecule has 0 aromatic carbocycles. The van der Waals surface area contributed by atoms with E-state index in [2.05, 4.69) is 37.9 Å². The molecule has 1 fully saturated rings. The molecule has 1 heterocycles. The number of nitrogens with one attached hydrogen (secondary N) is 1. The Labute approximate surface area is 89.1 Å². The smallest absolute Gasteiger partial charge is 0.0224 e. The summed E-state index contributed by atoms with van der Waals surface area (Å²) in [5.74, 6) is 0. The second-order valence-electron chi connectivity index (χ2n) is 4.63. The SMILES string of the molecule is CCC(C)N(CC)C1CCC(C)NC1. The van der Waals surface area contributed by atoms with Crippen molar-refractivity contribution in [2.75, 3.05) is 13.1 Å². The normalized spacial score (nSPS) is 30.6. The average molecular weight is 198 g/mol. The van der Waals surface area contributed by atoms with Crippen molar-refractivity contribution in [2.24, 2.45) is 0 Å². The first-order chi connectivity index (χ1) is 6.69. The molecule has 0 aromatic rings. The summed E-state index contributed by atoms with van der Waals surface area (Å²) in [6.07, 6.45) is 3.96. The Balaban J connectivity index is 2.44. The molecule has 2 nitrogen and oxygen atoms in total. The highest BCUT2D eigenvalue weighted by Gasteiger charge is 2.24. The van der Waals surface area contributed by atoms with Gasteiger partial charge in [0, 0.05) is 24.7 Å². The number of likely N-dealkylation sites (N-methyl/N-ethyl adjacent to an activating group) is 1. The van der Waals surface area contributed by atoms with E-state index in [0.717, 1.165) is 18.1 Å². The maximum absolute atomic E-state index is 3.58. The number of nitrogens with zero attached hydrogens (tertiary/aromatic N) is 1. The van der Waals surface area contributed by atoms with E-state index in [1.54, 1.807) is 0 Å². The quantitative estimate of drug-likeness (QED) is 0.745. The summed E-state index contributed by atoms with van der Waals surface area (Å²) >= 11 is 0. The average Bonchev–Trinajstić information content (AvgIpc) is 2.21. The minimum Gasteiger partial charge on any atom is -0.313 e. The van der Waals surface area contributed by atoms with Gasteiger partial charge in [0.15, 0.2) is 0 Å². The van der Waals surface area contributed by atoms with Crippen molar-refractivity contribution in [1.82, 2.24) is 10.2 Å². The van der Waals surface area contributed by atoms with Gasteiger partial charge in [0.25, 0.3) is 0 Å². The fraction of sp³-hybridized carbons (Fsp3) is 1.00. The van der Waals surface area contributed by atoms with Gasteiger partial charge in [-0.1, -0.05) is 13.8 Å². The van der Waals surface area contributed by atoms with E-state index in [-0.39, 0.29) is 0 Å². The maximum atomic E-state index is 3.58. The summed E-state index contributed by atoms with van der Waals surface area (Å²) in [5.41, 5.74) is 0. The van der Waals surface area contributed by atoms with E-state index in [1.165, 1.54) is 32.4 Å². The van der Waals surface area contributed by atoms with Crippen LogP contribution in [-0.2, 0) is 0 Å². The highest BCUT2D eigenvalue weighted by atomic mass is 15.2.